The molecular formula is C18H21N3O2. The average molecular weight is 311 g/mol. The van der Waals surface area contributed by atoms with E-state index < -0.39 is 0 Å². The summed E-state index contributed by atoms with van der Waals surface area (Å²) in [5, 5.41) is 0. The average Bonchev–Trinajstić information content (AvgIpc) is 2.62. The first kappa shape index (κ1) is 15.3. The van der Waals surface area contributed by atoms with Gasteiger partial charge in [0, 0.05) is 44.3 Å². The van der Waals surface area contributed by atoms with Gasteiger partial charge in [-0.05, 0) is 31.2 Å². The quantitative estimate of drug-likeness (QED) is 0.868. The zero-order valence-electron chi connectivity index (χ0n) is 13.3. The van der Waals surface area contributed by atoms with Crippen molar-refractivity contribution in [3.63, 3.8) is 0 Å². The molecule has 1 amide bonds. The van der Waals surface area contributed by atoms with Gasteiger partial charge in [-0.1, -0.05) is 17.7 Å². The summed E-state index contributed by atoms with van der Waals surface area (Å²) in [6.07, 6.45) is 3.59. The number of ether oxygens (including phenoxy) is 1. The number of rotatable bonds is 4. The van der Waals surface area contributed by atoms with Crippen LogP contribution < -0.4 is 9.64 Å². The lowest BCUT2D eigenvalue weighted by molar-refractivity contribution is -0.133. The molecule has 0 bridgehead atoms. The number of nitrogens with zero attached hydrogens (tertiary/aromatic N) is 3. The van der Waals surface area contributed by atoms with Gasteiger partial charge in [0.15, 0.2) is 6.61 Å². The molecule has 5 heteroatoms. The summed E-state index contributed by atoms with van der Waals surface area (Å²) in [5.74, 6) is 0.777. The lowest BCUT2D eigenvalue weighted by Crippen LogP contribution is -2.50. The summed E-state index contributed by atoms with van der Waals surface area (Å²) >= 11 is 0. The van der Waals surface area contributed by atoms with Crippen LogP contribution in [-0.4, -0.2) is 48.6 Å². The molecule has 23 heavy (non-hydrogen) atoms. The van der Waals surface area contributed by atoms with Crippen molar-refractivity contribution in [3.05, 3.63) is 54.4 Å². The molecule has 1 aliphatic heterocycles. The van der Waals surface area contributed by atoms with Gasteiger partial charge >= 0.3 is 0 Å². The molecule has 0 N–H and O–H groups in total. The van der Waals surface area contributed by atoms with Gasteiger partial charge in [0.05, 0.1) is 0 Å². The minimum Gasteiger partial charge on any atom is -0.484 e. The van der Waals surface area contributed by atoms with Gasteiger partial charge in [0.25, 0.3) is 5.91 Å². The zero-order valence-corrected chi connectivity index (χ0v) is 13.3. The molecule has 0 unspecified atom stereocenters. The third kappa shape index (κ3) is 4.00. The van der Waals surface area contributed by atoms with Gasteiger partial charge in [0.1, 0.15) is 5.75 Å². The van der Waals surface area contributed by atoms with Crippen molar-refractivity contribution in [1.82, 2.24) is 9.88 Å². The number of hydrogen-bond acceptors (Lipinski definition) is 4. The maximum Gasteiger partial charge on any atom is 0.260 e. The van der Waals surface area contributed by atoms with E-state index in [1.807, 2.05) is 48.2 Å². The Hall–Kier alpha value is -2.56. The van der Waals surface area contributed by atoms with Crippen LogP contribution in [0.5, 0.6) is 5.75 Å². The third-order valence-electron chi connectivity index (χ3n) is 4.04. The smallest absolute Gasteiger partial charge is 0.260 e. The van der Waals surface area contributed by atoms with Gasteiger partial charge < -0.3 is 14.5 Å². The monoisotopic (exact) mass is 311 g/mol. The Bertz CT molecular complexity index is 635. The number of pyridine rings is 1. The molecule has 1 aromatic heterocycles. The first-order chi connectivity index (χ1) is 11.2. The van der Waals surface area contributed by atoms with Crippen LogP contribution in [0.4, 0.5) is 5.69 Å². The molecular weight excluding hydrogens is 290 g/mol. The molecule has 120 valence electrons. The Morgan fingerprint density at radius 2 is 1.70 bits per heavy atom. The number of anilines is 1. The van der Waals surface area contributed by atoms with Crippen molar-refractivity contribution in [3.8, 4) is 5.75 Å². The molecule has 1 saturated heterocycles. The van der Waals surface area contributed by atoms with Gasteiger partial charge in [0.2, 0.25) is 0 Å². The highest BCUT2D eigenvalue weighted by atomic mass is 16.5. The van der Waals surface area contributed by atoms with E-state index in [4.69, 9.17) is 4.74 Å². The van der Waals surface area contributed by atoms with Crippen LogP contribution in [-0.2, 0) is 4.79 Å². The van der Waals surface area contributed by atoms with E-state index in [0.29, 0.717) is 0 Å². The Kier molecular flexibility index (Phi) is 4.76. The van der Waals surface area contributed by atoms with Crippen molar-refractivity contribution in [2.45, 2.75) is 6.92 Å². The van der Waals surface area contributed by atoms with E-state index in [1.165, 1.54) is 5.56 Å². The predicted molar refractivity (Wildman–Crippen MR) is 89.7 cm³/mol. The van der Waals surface area contributed by atoms with E-state index in [0.717, 1.165) is 37.6 Å². The van der Waals surface area contributed by atoms with Crippen LogP contribution in [0.1, 0.15) is 5.56 Å². The van der Waals surface area contributed by atoms with Crippen molar-refractivity contribution in [2.75, 3.05) is 37.7 Å². The van der Waals surface area contributed by atoms with Gasteiger partial charge in [-0.3, -0.25) is 9.78 Å². The molecule has 3 rings (SSSR count). The molecule has 0 aliphatic carbocycles. The largest absolute Gasteiger partial charge is 0.484 e. The lowest BCUT2D eigenvalue weighted by atomic mass is 10.2. The van der Waals surface area contributed by atoms with Crippen LogP contribution >= 0.6 is 0 Å². The minimum absolute atomic E-state index is 0.0416. The fourth-order valence-corrected chi connectivity index (χ4v) is 2.64. The highest BCUT2D eigenvalue weighted by Gasteiger charge is 2.21. The maximum atomic E-state index is 12.3. The van der Waals surface area contributed by atoms with Crippen LogP contribution in [0.2, 0.25) is 0 Å². The lowest BCUT2D eigenvalue weighted by Gasteiger charge is -2.36. The van der Waals surface area contributed by atoms with Gasteiger partial charge in [-0.2, -0.15) is 0 Å². The highest BCUT2D eigenvalue weighted by molar-refractivity contribution is 5.78. The molecule has 2 aromatic rings. The number of piperazine rings is 1. The topological polar surface area (TPSA) is 45.7 Å². The second kappa shape index (κ2) is 7.13. The fraction of sp³-hybridized carbons (Fsp3) is 0.333. The molecule has 0 atom stereocenters. The first-order valence-electron chi connectivity index (χ1n) is 7.84. The second-order valence-electron chi connectivity index (χ2n) is 5.67. The number of amides is 1. The predicted octanol–water partition coefficient (Wildman–Crippen LogP) is 2.12. The molecule has 1 aliphatic rings. The summed E-state index contributed by atoms with van der Waals surface area (Å²) in [7, 11) is 0. The number of carbonyl (C=O) groups excluding carboxylic acids is 1. The van der Waals surface area contributed by atoms with E-state index in [1.54, 1.807) is 12.4 Å². The van der Waals surface area contributed by atoms with E-state index >= 15 is 0 Å². The zero-order chi connectivity index (χ0) is 16.1. The minimum atomic E-state index is 0.0416. The summed E-state index contributed by atoms with van der Waals surface area (Å²) in [4.78, 5) is 20.4. The number of aromatic nitrogens is 1. The molecule has 1 fully saturated rings. The summed E-state index contributed by atoms with van der Waals surface area (Å²) < 4.78 is 5.57. The number of carbonyl (C=O) groups is 1. The molecule has 5 nitrogen and oxygen atoms in total. The van der Waals surface area contributed by atoms with Crippen LogP contribution in [0, 0.1) is 6.92 Å². The van der Waals surface area contributed by atoms with Crippen LogP contribution in [0.25, 0.3) is 0 Å². The molecule has 1 aromatic carbocycles. The number of benzene rings is 1. The Morgan fingerprint density at radius 1 is 1.04 bits per heavy atom. The Balaban J connectivity index is 1.47. The molecule has 0 radical (unpaired) electrons. The Morgan fingerprint density at radius 3 is 2.35 bits per heavy atom. The summed E-state index contributed by atoms with van der Waals surface area (Å²) in [6.45, 7) is 5.23. The third-order valence-corrected chi connectivity index (χ3v) is 4.04. The van der Waals surface area contributed by atoms with Crippen molar-refractivity contribution < 1.29 is 9.53 Å². The second-order valence-corrected chi connectivity index (χ2v) is 5.67. The SMILES string of the molecule is Cc1ccc(OCC(=O)N2CCN(c3ccncc3)CC2)cc1. The van der Waals surface area contributed by atoms with Crippen molar-refractivity contribution in [1.29, 1.82) is 0 Å². The highest BCUT2D eigenvalue weighted by Crippen LogP contribution is 2.15. The van der Waals surface area contributed by atoms with E-state index in [9.17, 15) is 4.79 Å². The van der Waals surface area contributed by atoms with Crippen molar-refractivity contribution in [2.24, 2.45) is 0 Å². The molecule has 0 saturated carbocycles. The molecule has 2 heterocycles. The van der Waals surface area contributed by atoms with Crippen molar-refractivity contribution >= 4 is 11.6 Å². The Labute approximate surface area is 136 Å². The summed E-state index contributed by atoms with van der Waals surface area (Å²) in [5.41, 5.74) is 2.33. The standard InChI is InChI=1S/C18H21N3O2/c1-15-2-4-17(5-3-15)23-14-18(22)21-12-10-20(11-13-21)16-6-8-19-9-7-16/h2-9H,10-14H2,1H3. The van der Waals surface area contributed by atoms with Gasteiger partial charge in [-0.15, -0.1) is 0 Å². The van der Waals surface area contributed by atoms with Crippen LogP contribution in [0.3, 0.4) is 0 Å². The van der Waals surface area contributed by atoms with Crippen LogP contribution in [0.15, 0.2) is 48.8 Å². The van der Waals surface area contributed by atoms with E-state index in [2.05, 4.69) is 9.88 Å². The number of aryl methyl sites for hydroxylation is 1. The summed E-state index contributed by atoms with van der Waals surface area (Å²) in [6, 6.07) is 11.7. The first-order valence-corrected chi connectivity index (χ1v) is 7.84. The number of hydrogen-bond donors (Lipinski definition) is 0. The fourth-order valence-electron chi connectivity index (χ4n) is 2.64. The normalized spacial score (nSPS) is 14.7. The van der Waals surface area contributed by atoms with Gasteiger partial charge in [-0.25, -0.2) is 0 Å². The molecule has 0 spiro atoms. The maximum absolute atomic E-state index is 12.3. The van der Waals surface area contributed by atoms with E-state index in [-0.39, 0.29) is 12.5 Å².